The van der Waals surface area contributed by atoms with E-state index in [1.54, 1.807) is 0 Å². The molecule has 0 amide bonds. The average Bonchev–Trinajstić information content (AvgIpc) is 2.64. The number of thioether (sulfide) groups is 1. The lowest BCUT2D eigenvalue weighted by molar-refractivity contribution is 0.123. The normalized spacial score (nSPS) is 25.7. The number of nitrogens with two attached hydrogens (primary N) is 1. The van der Waals surface area contributed by atoms with E-state index in [0.717, 1.165) is 12.2 Å². The van der Waals surface area contributed by atoms with Gasteiger partial charge in [0.15, 0.2) is 5.16 Å². The molecular weight excluding hydrogens is 212 g/mol. The highest BCUT2D eigenvalue weighted by Gasteiger charge is 2.26. The van der Waals surface area contributed by atoms with Crippen molar-refractivity contribution < 1.29 is 4.74 Å². The fourth-order valence-electron chi connectivity index (χ4n) is 1.66. The highest BCUT2D eigenvalue weighted by Crippen LogP contribution is 2.27. The first-order valence-corrected chi connectivity index (χ1v) is 6.08. The number of anilines is 1. The Morgan fingerprint density at radius 3 is 2.80 bits per heavy atom. The van der Waals surface area contributed by atoms with Crippen molar-refractivity contribution in [3.8, 4) is 0 Å². The molecule has 0 radical (unpaired) electrons. The van der Waals surface area contributed by atoms with Crippen LogP contribution in [-0.2, 0) is 4.74 Å². The lowest BCUT2D eigenvalue weighted by Gasteiger charge is -2.07. The van der Waals surface area contributed by atoms with Crippen LogP contribution in [0, 0.1) is 0 Å². The van der Waals surface area contributed by atoms with Crippen LogP contribution in [0.4, 0.5) is 5.95 Å². The van der Waals surface area contributed by atoms with Crippen molar-refractivity contribution in [2.24, 2.45) is 0 Å². The predicted molar refractivity (Wildman–Crippen MR) is 58.8 cm³/mol. The predicted octanol–water partition coefficient (Wildman–Crippen LogP) is 1.07. The maximum Gasteiger partial charge on any atom is 0.224 e. The van der Waals surface area contributed by atoms with E-state index >= 15 is 0 Å². The lowest BCUT2D eigenvalue weighted by atomic mass is 10.1. The minimum absolute atomic E-state index is 0.260. The molecule has 1 aromatic rings. The van der Waals surface area contributed by atoms with Crippen LogP contribution < -0.4 is 5.73 Å². The third-order valence-corrected chi connectivity index (χ3v) is 2.94. The molecule has 1 aliphatic heterocycles. The molecule has 0 aliphatic carbocycles. The van der Waals surface area contributed by atoms with E-state index in [9.17, 15) is 0 Å². The zero-order chi connectivity index (χ0) is 10.8. The smallest absolute Gasteiger partial charge is 0.224 e. The molecule has 1 saturated heterocycles. The molecule has 2 atom stereocenters. The molecule has 6 heteroatoms. The Bertz CT molecular complexity index is 360. The van der Waals surface area contributed by atoms with Crippen LogP contribution in [0.2, 0.25) is 0 Å². The van der Waals surface area contributed by atoms with Crippen LogP contribution in [0.5, 0.6) is 0 Å². The summed E-state index contributed by atoms with van der Waals surface area (Å²) >= 11 is 1.47. The first-order chi connectivity index (χ1) is 7.19. The first-order valence-electron chi connectivity index (χ1n) is 4.86. The minimum atomic E-state index is 0.260. The lowest BCUT2D eigenvalue weighted by Crippen LogP contribution is -2.09. The topological polar surface area (TPSA) is 73.9 Å². The van der Waals surface area contributed by atoms with Gasteiger partial charge in [-0.2, -0.15) is 9.97 Å². The Balaban J connectivity index is 2.24. The Kier molecular flexibility index (Phi) is 3.06. The molecule has 1 fully saturated rings. The van der Waals surface area contributed by atoms with Gasteiger partial charge in [-0.25, -0.2) is 4.98 Å². The van der Waals surface area contributed by atoms with Gasteiger partial charge in [-0.3, -0.25) is 0 Å². The van der Waals surface area contributed by atoms with Crippen molar-refractivity contribution in [1.82, 2.24) is 15.0 Å². The summed E-state index contributed by atoms with van der Waals surface area (Å²) in [4.78, 5) is 12.5. The third-order valence-electron chi connectivity index (χ3n) is 2.40. The Hall–Kier alpha value is -0.880. The summed E-state index contributed by atoms with van der Waals surface area (Å²) in [6.07, 6.45) is 3.16. The number of nitrogens with zero attached hydrogens (tertiary/aromatic N) is 3. The second-order valence-corrected chi connectivity index (χ2v) is 4.39. The summed E-state index contributed by atoms with van der Waals surface area (Å²) in [6, 6.07) is 0. The molecule has 15 heavy (non-hydrogen) atoms. The molecule has 2 heterocycles. The second kappa shape index (κ2) is 4.32. The maximum atomic E-state index is 5.62. The zero-order valence-corrected chi connectivity index (χ0v) is 9.62. The fraction of sp³-hybridized carbons (Fsp3) is 0.667. The van der Waals surface area contributed by atoms with Gasteiger partial charge in [0, 0.05) is 5.92 Å². The number of hydrogen-bond donors (Lipinski definition) is 1. The van der Waals surface area contributed by atoms with Crippen molar-refractivity contribution in [3.63, 3.8) is 0 Å². The van der Waals surface area contributed by atoms with Crippen molar-refractivity contribution in [1.29, 1.82) is 0 Å². The van der Waals surface area contributed by atoms with E-state index in [4.69, 9.17) is 10.5 Å². The van der Waals surface area contributed by atoms with Gasteiger partial charge in [-0.1, -0.05) is 11.8 Å². The molecular formula is C9H14N4OS. The van der Waals surface area contributed by atoms with E-state index in [1.165, 1.54) is 11.8 Å². The standard InChI is InChI=1S/C9H14N4OS/c1-5-3-6(4-14-5)7-11-8(10)13-9(12-7)15-2/h5-6H,3-4H2,1-2H3,(H2,10,11,12,13). The minimum Gasteiger partial charge on any atom is -0.378 e. The van der Waals surface area contributed by atoms with Gasteiger partial charge in [0.25, 0.3) is 0 Å². The van der Waals surface area contributed by atoms with E-state index in [1.807, 2.05) is 6.26 Å². The van der Waals surface area contributed by atoms with Gasteiger partial charge >= 0.3 is 0 Å². The second-order valence-electron chi connectivity index (χ2n) is 3.62. The van der Waals surface area contributed by atoms with Crippen molar-refractivity contribution in [3.05, 3.63) is 5.82 Å². The summed E-state index contributed by atoms with van der Waals surface area (Å²) in [5.74, 6) is 1.32. The molecule has 0 aromatic carbocycles. The number of hydrogen-bond acceptors (Lipinski definition) is 6. The zero-order valence-electron chi connectivity index (χ0n) is 8.80. The van der Waals surface area contributed by atoms with Gasteiger partial charge in [0.1, 0.15) is 5.82 Å². The highest BCUT2D eigenvalue weighted by molar-refractivity contribution is 7.98. The first kappa shape index (κ1) is 10.6. The maximum absolute atomic E-state index is 5.62. The summed E-state index contributed by atoms with van der Waals surface area (Å²) < 4.78 is 5.49. The van der Waals surface area contributed by atoms with Crippen molar-refractivity contribution in [2.45, 2.75) is 30.5 Å². The van der Waals surface area contributed by atoms with Crippen LogP contribution in [0.1, 0.15) is 25.1 Å². The molecule has 2 N–H and O–H groups in total. The number of aromatic nitrogens is 3. The molecule has 1 aliphatic rings. The largest absolute Gasteiger partial charge is 0.378 e. The molecule has 0 saturated carbocycles. The number of rotatable bonds is 2. The number of ether oxygens (including phenoxy) is 1. The molecule has 82 valence electrons. The molecule has 1 aromatic heterocycles. The van der Waals surface area contributed by atoms with Gasteiger partial charge in [0.05, 0.1) is 12.7 Å². The molecule has 0 bridgehead atoms. The summed E-state index contributed by atoms with van der Waals surface area (Å²) in [5.41, 5.74) is 5.62. The monoisotopic (exact) mass is 226 g/mol. The average molecular weight is 226 g/mol. The third kappa shape index (κ3) is 2.38. The number of nitrogen functional groups attached to an aromatic ring is 1. The molecule has 5 nitrogen and oxygen atoms in total. The van der Waals surface area contributed by atoms with Gasteiger partial charge in [-0.05, 0) is 19.6 Å². The van der Waals surface area contributed by atoms with Crippen LogP contribution in [0.15, 0.2) is 5.16 Å². The van der Waals surface area contributed by atoms with E-state index in [-0.39, 0.29) is 12.0 Å². The van der Waals surface area contributed by atoms with Gasteiger partial charge in [-0.15, -0.1) is 0 Å². The Labute approximate surface area is 92.9 Å². The van der Waals surface area contributed by atoms with Crippen LogP contribution in [0.3, 0.4) is 0 Å². The van der Waals surface area contributed by atoms with Gasteiger partial charge < -0.3 is 10.5 Å². The summed E-state index contributed by atoms with van der Waals surface area (Å²) in [6.45, 7) is 2.73. The van der Waals surface area contributed by atoms with Crippen LogP contribution in [-0.4, -0.2) is 33.9 Å². The molecule has 0 spiro atoms. The molecule has 2 unspecified atom stereocenters. The van der Waals surface area contributed by atoms with Gasteiger partial charge in [0.2, 0.25) is 5.95 Å². The fourth-order valence-corrected chi connectivity index (χ4v) is 2.03. The molecule has 2 rings (SSSR count). The quantitative estimate of drug-likeness (QED) is 0.760. The van der Waals surface area contributed by atoms with E-state index < -0.39 is 0 Å². The van der Waals surface area contributed by atoms with Crippen molar-refractivity contribution in [2.75, 3.05) is 18.6 Å². The Morgan fingerprint density at radius 2 is 2.20 bits per heavy atom. The SMILES string of the molecule is CSc1nc(N)nc(C2COC(C)C2)n1. The van der Waals surface area contributed by atoms with Crippen LogP contribution >= 0.6 is 11.8 Å². The van der Waals surface area contributed by atoms with E-state index in [0.29, 0.717) is 17.7 Å². The Morgan fingerprint density at radius 1 is 1.40 bits per heavy atom. The van der Waals surface area contributed by atoms with Crippen molar-refractivity contribution >= 4 is 17.7 Å². The summed E-state index contributed by atoms with van der Waals surface area (Å²) in [7, 11) is 0. The van der Waals surface area contributed by atoms with E-state index in [2.05, 4.69) is 21.9 Å². The van der Waals surface area contributed by atoms with Crippen LogP contribution in [0.25, 0.3) is 0 Å². The highest BCUT2D eigenvalue weighted by atomic mass is 32.2. The summed E-state index contributed by atoms with van der Waals surface area (Å²) in [5, 5.41) is 0.678.